The predicted octanol–water partition coefficient (Wildman–Crippen LogP) is 8.19. The first kappa shape index (κ1) is 21.4. The number of H-pyrrole nitrogens is 1. The van der Waals surface area contributed by atoms with Gasteiger partial charge in [0.25, 0.3) is 0 Å². The maximum Gasteiger partial charge on any atom is 0.0794 e. The Hall–Kier alpha value is -3.17. The first-order valence-corrected chi connectivity index (χ1v) is 12.7. The van der Waals surface area contributed by atoms with Crippen LogP contribution < -0.4 is 0 Å². The molecule has 1 aromatic heterocycles. The van der Waals surface area contributed by atoms with Crippen LogP contribution in [0.15, 0.2) is 64.1 Å². The summed E-state index contributed by atoms with van der Waals surface area (Å²) < 4.78 is 1.08. The molecule has 3 heteroatoms. The van der Waals surface area contributed by atoms with E-state index in [9.17, 15) is 0 Å². The number of hydrogen-bond acceptors (Lipinski definition) is 1. The van der Waals surface area contributed by atoms with Gasteiger partial charge in [-0.05, 0) is 73.2 Å². The molecule has 0 unspecified atom stereocenters. The summed E-state index contributed by atoms with van der Waals surface area (Å²) in [4.78, 5) is 9.02. The second-order valence-corrected chi connectivity index (χ2v) is 10.4. The highest BCUT2D eigenvalue weighted by Gasteiger charge is 2.27. The molecule has 0 saturated carbocycles. The third-order valence-electron chi connectivity index (χ3n) is 7.20. The zero-order valence-corrected chi connectivity index (χ0v) is 21.6. The van der Waals surface area contributed by atoms with Gasteiger partial charge in [0.1, 0.15) is 0 Å². The van der Waals surface area contributed by atoms with Gasteiger partial charge in [0.05, 0.1) is 11.4 Å². The standard InChI is InChI=1S/C31H27BrN2/c1-5-22-25-14-20-8-6-7-9-23(20)30(25)33-27(22)16-28-24-11-10-21(32)15-26(24)31(34-28)29-18(3)12-17(2)13-19(29)4/h6-13,15-16,33H,5,14H2,1-4H3/b28-16-. The van der Waals surface area contributed by atoms with Crippen LogP contribution in [0.3, 0.4) is 0 Å². The minimum Gasteiger partial charge on any atom is -0.354 e. The summed E-state index contributed by atoms with van der Waals surface area (Å²) in [5.41, 5.74) is 17.6. The van der Waals surface area contributed by atoms with Gasteiger partial charge in [0, 0.05) is 44.5 Å². The monoisotopic (exact) mass is 506 g/mol. The summed E-state index contributed by atoms with van der Waals surface area (Å²) >= 11 is 3.69. The molecule has 0 radical (unpaired) electrons. The summed E-state index contributed by atoms with van der Waals surface area (Å²) in [5, 5.41) is 0. The highest BCUT2D eigenvalue weighted by atomic mass is 79.9. The van der Waals surface area contributed by atoms with E-state index in [0.717, 1.165) is 28.7 Å². The van der Waals surface area contributed by atoms with Crippen molar-refractivity contribution >= 4 is 33.4 Å². The highest BCUT2D eigenvalue weighted by molar-refractivity contribution is 9.10. The van der Waals surface area contributed by atoms with E-state index in [4.69, 9.17) is 4.99 Å². The number of nitrogens with one attached hydrogen (secondary N) is 1. The molecule has 168 valence electrons. The average molecular weight is 507 g/mol. The number of aryl methyl sites for hydroxylation is 3. The summed E-state index contributed by atoms with van der Waals surface area (Å²) in [6.45, 7) is 8.80. The van der Waals surface area contributed by atoms with Crippen LogP contribution in [-0.2, 0) is 12.8 Å². The van der Waals surface area contributed by atoms with Gasteiger partial charge >= 0.3 is 0 Å². The van der Waals surface area contributed by atoms with Crippen molar-refractivity contribution in [3.05, 3.63) is 115 Å². The van der Waals surface area contributed by atoms with Gasteiger partial charge in [-0.3, -0.25) is 0 Å². The molecule has 1 aliphatic carbocycles. The first-order valence-electron chi connectivity index (χ1n) is 12.0. The normalized spacial score (nSPS) is 14.9. The lowest BCUT2D eigenvalue weighted by molar-refractivity contribution is 1.09. The minimum absolute atomic E-state index is 0.999. The molecule has 0 saturated heterocycles. The predicted molar refractivity (Wildman–Crippen MR) is 147 cm³/mol. The fourth-order valence-electron chi connectivity index (χ4n) is 5.83. The number of fused-ring (bicyclic) bond motifs is 4. The second kappa shape index (κ2) is 7.95. The average Bonchev–Trinajstić information content (AvgIpc) is 3.43. The van der Waals surface area contributed by atoms with Gasteiger partial charge in [0.2, 0.25) is 0 Å². The van der Waals surface area contributed by atoms with Crippen molar-refractivity contribution in [2.45, 2.75) is 40.5 Å². The van der Waals surface area contributed by atoms with Crippen LogP contribution in [0.1, 0.15) is 62.7 Å². The van der Waals surface area contributed by atoms with E-state index < -0.39 is 0 Å². The molecular formula is C31H27BrN2. The zero-order valence-electron chi connectivity index (χ0n) is 20.0. The van der Waals surface area contributed by atoms with Gasteiger partial charge < -0.3 is 4.98 Å². The van der Waals surface area contributed by atoms with Crippen molar-refractivity contribution in [3.63, 3.8) is 0 Å². The van der Waals surface area contributed by atoms with Crippen molar-refractivity contribution in [2.75, 3.05) is 0 Å². The van der Waals surface area contributed by atoms with E-state index in [-0.39, 0.29) is 0 Å². The molecule has 3 aromatic carbocycles. The van der Waals surface area contributed by atoms with E-state index in [2.05, 4.69) is 109 Å². The van der Waals surface area contributed by atoms with Gasteiger partial charge in [-0.25, -0.2) is 4.99 Å². The number of aromatic amines is 1. The number of benzene rings is 3. The van der Waals surface area contributed by atoms with Crippen LogP contribution >= 0.6 is 15.9 Å². The first-order chi connectivity index (χ1) is 16.4. The van der Waals surface area contributed by atoms with Gasteiger partial charge in [-0.2, -0.15) is 0 Å². The van der Waals surface area contributed by atoms with Crippen LogP contribution in [0.5, 0.6) is 0 Å². The Balaban J connectivity index is 1.54. The Kier molecular flexibility index (Phi) is 5.00. The number of rotatable bonds is 3. The van der Waals surface area contributed by atoms with Crippen molar-refractivity contribution in [1.29, 1.82) is 0 Å². The molecule has 0 atom stereocenters. The van der Waals surface area contributed by atoms with E-state index in [1.165, 1.54) is 67.0 Å². The van der Waals surface area contributed by atoms with Crippen molar-refractivity contribution in [1.82, 2.24) is 4.98 Å². The summed E-state index contributed by atoms with van der Waals surface area (Å²) in [6, 6.07) is 19.8. The van der Waals surface area contributed by atoms with E-state index in [1.807, 2.05) is 0 Å². The van der Waals surface area contributed by atoms with Crippen LogP contribution in [0, 0.1) is 20.8 Å². The Labute approximate surface area is 209 Å². The highest BCUT2D eigenvalue weighted by Crippen LogP contribution is 2.42. The van der Waals surface area contributed by atoms with Crippen molar-refractivity contribution in [3.8, 4) is 11.3 Å². The summed E-state index contributed by atoms with van der Waals surface area (Å²) in [6.07, 6.45) is 4.27. The van der Waals surface area contributed by atoms with Crippen molar-refractivity contribution < 1.29 is 0 Å². The number of halogens is 1. The molecule has 2 heterocycles. The number of aromatic nitrogens is 1. The topological polar surface area (TPSA) is 28.1 Å². The molecule has 2 nitrogen and oxygen atoms in total. The zero-order chi connectivity index (χ0) is 23.6. The molecule has 34 heavy (non-hydrogen) atoms. The number of aliphatic imine (C=N–C) groups is 1. The Morgan fingerprint density at radius 3 is 2.47 bits per heavy atom. The van der Waals surface area contributed by atoms with Gasteiger partial charge in [0.15, 0.2) is 0 Å². The molecule has 1 aliphatic heterocycles. The fourth-order valence-corrected chi connectivity index (χ4v) is 6.19. The smallest absolute Gasteiger partial charge is 0.0794 e. The maximum absolute atomic E-state index is 5.25. The van der Waals surface area contributed by atoms with Crippen LogP contribution in [0.2, 0.25) is 0 Å². The lowest BCUT2D eigenvalue weighted by Gasteiger charge is -2.12. The third kappa shape index (κ3) is 3.25. The Bertz CT molecular complexity index is 1520. The molecule has 0 amide bonds. The maximum atomic E-state index is 5.25. The fraction of sp³-hybridized carbons (Fsp3) is 0.194. The summed E-state index contributed by atoms with van der Waals surface area (Å²) in [7, 11) is 0. The molecule has 1 N–H and O–H groups in total. The molecule has 6 rings (SSSR count). The molecule has 4 aromatic rings. The largest absolute Gasteiger partial charge is 0.354 e. The van der Waals surface area contributed by atoms with Crippen LogP contribution in [-0.4, -0.2) is 10.7 Å². The number of hydrogen-bond donors (Lipinski definition) is 1. The summed E-state index contributed by atoms with van der Waals surface area (Å²) in [5.74, 6) is 0. The molecule has 2 aliphatic rings. The van der Waals surface area contributed by atoms with E-state index in [0.29, 0.717) is 0 Å². The van der Waals surface area contributed by atoms with Crippen molar-refractivity contribution in [2.24, 2.45) is 4.99 Å². The minimum atomic E-state index is 0.999. The Morgan fingerprint density at radius 1 is 0.941 bits per heavy atom. The van der Waals surface area contributed by atoms with Crippen LogP contribution in [0.25, 0.3) is 23.0 Å². The quantitative estimate of drug-likeness (QED) is 0.255. The van der Waals surface area contributed by atoms with E-state index >= 15 is 0 Å². The second-order valence-electron chi connectivity index (χ2n) is 9.51. The van der Waals surface area contributed by atoms with E-state index in [1.54, 1.807) is 0 Å². The Morgan fingerprint density at radius 2 is 1.71 bits per heavy atom. The molecule has 0 bridgehead atoms. The number of nitrogens with zero attached hydrogens (tertiary/aromatic N) is 1. The lowest BCUT2D eigenvalue weighted by atomic mass is 9.91. The van der Waals surface area contributed by atoms with Crippen LogP contribution in [0.4, 0.5) is 0 Å². The van der Waals surface area contributed by atoms with Gasteiger partial charge in [-0.1, -0.05) is 70.9 Å². The van der Waals surface area contributed by atoms with Gasteiger partial charge in [-0.15, -0.1) is 0 Å². The lowest BCUT2D eigenvalue weighted by Crippen LogP contribution is -2.06. The molecular weight excluding hydrogens is 480 g/mol. The third-order valence-corrected chi connectivity index (χ3v) is 7.69. The molecule has 0 spiro atoms. The molecule has 0 fully saturated rings. The SMILES string of the molecule is CCc1c(/C=C2\N=C(c3c(C)cc(C)cc3C)c3cc(Br)ccc32)[nH]c2c1Cc1ccccc1-2.